The summed E-state index contributed by atoms with van der Waals surface area (Å²) < 4.78 is 0. The Labute approximate surface area is 106 Å². The van der Waals surface area contributed by atoms with Crippen LogP contribution in [0.5, 0.6) is 0 Å². The highest BCUT2D eigenvalue weighted by Gasteiger charge is 2.54. The molecule has 0 bridgehead atoms. The second-order valence-electron chi connectivity index (χ2n) is 4.81. The molecule has 0 atom stereocenters. The van der Waals surface area contributed by atoms with Crippen LogP contribution >= 0.6 is 0 Å². The van der Waals surface area contributed by atoms with E-state index in [0.29, 0.717) is 25.7 Å². The summed E-state index contributed by atoms with van der Waals surface area (Å²) >= 11 is 0. The standard InChI is InChI=1S/C13H16N2O3/c1-2-3-6-9-15-11(17)13(7-4-5-8-13)10(16)14-12(15)18/h1H,3-9H2,(H,14,16,18). The van der Waals surface area contributed by atoms with Crippen LogP contribution in [0.4, 0.5) is 4.79 Å². The van der Waals surface area contributed by atoms with Crippen molar-refractivity contribution >= 4 is 17.8 Å². The predicted octanol–water partition coefficient (Wildman–Crippen LogP) is 1.04. The van der Waals surface area contributed by atoms with Gasteiger partial charge in [-0.3, -0.25) is 19.8 Å². The maximum Gasteiger partial charge on any atom is 0.330 e. The smallest absolute Gasteiger partial charge is 0.277 e. The van der Waals surface area contributed by atoms with Gasteiger partial charge in [0.1, 0.15) is 5.41 Å². The molecule has 2 aliphatic rings. The first-order chi connectivity index (χ1) is 8.62. The minimum Gasteiger partial charge on any atom is -0.277 e. The predicted molar refractivity (Wildman–Crippen MR) is 64.2 cm³/mol. The van der Waals surface area contributed by atoms with E-state index in [9.17, 15) is 14.4 Å². The molecular weight excluding hydrogens is 232 g/mol. The summed E-state index contributed by atoms with van der Waals surface area (Å²) in [5.41, 5.74) is -0.996. The van der Waals surface area contributed by atoms with Crippen molar-refractivity contribution in [3.8, 4) is 12.3 Å². The number of hydrogen-bond acceptors (Lipinski definition) is 3. The first-order valence-corrected chi connectivity index (χ1v) is 6.23. The molecular formula is C13H16N2O3. The lowest BCUT2D eigenvalue weighted by atomic mass is 9.82. The van der Waals surface area contributed by atoms with E-state index in [1.807, 2.05) is 0 Å². The maximum atomic E-state index is 12.4. The lowest BCUT2D eigenvalue weighted by Gasteiger charge is -2.36. The number of imide groups is 2. The Hall–Kier alpha value is -1.83. The maximum absolute atomic E-state index is 12.4. The molecule has 2 rings (SSSR count). The van der Waals surface area contributed by atoms with E-state index < -0.39 is 17.4 Å². The highest BCUT2D eigenvalue weighted by Crippen LogP contribution is 2.41. The van der Waals surface area contributed by atoms with Gasteiger partial charge in [-0.15, -0.1) is 12.3 Å². The van der Waals surface area contributed by atoms with E-state index in [1.165, 1.54) is 0 Å². The number of rotatable bonds is 3. The Bertz CT molecular complexity index is 430. The van der Waals surface area contributed by atoms with Gasteiger partial charge in [-0.2, -0.15) is 0 Å². The van der Waals surface area contributed by atoms with Gasteiger partial charge in [0, 0.05) is 13.0 Å². The summed E-state index contributed by atoms with van der Waals surface area (Å²) in [6.07, 6.45) is 9.01. The summed E-state index contributed by atoms with van der Waals surface area (Å²) in [5, 5.41) is 2.30. The van der Waals surface area contributed by atoms with Crippen LogP contribution in [0.3, 0.4) is 0 Å². The molecule has 1 saturated heterocycles. The lowest BCUT2D eigenvalue weighted by Crippen LogP contribution is -2.63. The van der Waals surface area contributed by atoms with Crippen molar-refractivity contribution in [1.82, 2.24) is 10.2 Å². The number of carbonyl (C=O) groups is 3. The monoisotopic (exact) mass is 248 g/mol. The van der Waals surface area contributed by atoms with Crippen molar-refractivity contribution < 1.29 is 14.4 Å². The van der Waals surface area contributed by atoms with E-state index >= 15 is 0 Å². The number of urea groups is 1. The van der Waals surface area contributed by atoms with Crippen LogP contribution in [0.15, 0.2) is 0 Å². The first kappa shape index (κ1) is 12.6. The largest absolute Gasteiger partial charge is 0.330 e. The number of terminal acetylenes is 1. The summed E-state index contributed by atoms with van der Waals surface area (Å²) in [4.78, 5) is 37.1. The van der Waals surface area contributed by atoms with E-state index in [-0.39, 0.29) is 12.5 Å². The van der Waals surface area contributed by atoms with Crippen LogP contribution in [-0.2, 0) is 9.59 Å². The van der Waals surface area contributed by atoms with Gasteiger partial charge >= 0.3 is 6.03 Å². The van der Waals surface area contributed by atoms with Crippen molar-refractivity contribution in [3.05, 3.63) is 0 Å². The van der Waals surface area contributed by atoms with Crippen molar-refractivity contribution in [2.75, 3.05) is 6.54 Å². The van der Waals surface area contributed by atoms with E-state index in [4.69, 9.17) is 6.42 Å². The molecule has 1 saturated carbocycles. The molecule has 5 nitrogen and oxygen atoms in total. The molecule has 18 heavy (non-hydrogen) atoms. The molecule has 1 aliphatic carbocycles. The zero-order valence-corrected chi connectivity index (χ0v) is 10.2. The van der Waals surface area contributed by atoms with Gasteiger partial charge in [-0.1, -0.05) is 12.8 Å². The fourth-order valence-corrected chi connectivity index (χ4v) is 2.69. The highest BCUT2D eigenvalue weighted by atomic mass is 16.2. The van der Waals surface area contributed by atoms with Gasteiger partial charge in [0.25, 0.3) is 0 Å². The molecule has 1 spiro atoms. The molecule has 0 unspecified atom stereocenters. The Morgan fingerprint density at radius 1 is 1.28 bits per heavy atom. The number of nitrogens with zero attached hydrogens (tertiary/aromatic N) is 1. The van der Waals surface area contributed by atoms with Crippen LogP contribution < -0.4 is 5.32 Å². The van der Waals surface area contributed by atoms with Gasteiger partial charge < -0.3 is 0 Å². The second kappa shape index (κ2) is 4.81. The molecule has 1 aliphatic heterocycles. The first-order valence-electron chi connectivity index (χ1n) is 6.23. The molecule has 0 aromatic carbocycles. The van der Waals surface area contributed by atoms with Gasteiger partial charge in [-0.05, 0) is 19.3 Å². The summed E-state index contributed by atoms with van der Waals surface area (Å²) in [5.74, 6) is 1.70. The van der Waals surface area contributed by atoms with Crippen molar-refractivity contribution in [2.24, 2.45) is 5.41 Å². The fourth-order valence-electron chi connectivity index (χ4n) is 2.69. The van der Waals surface area contributed by atoms with Crippen molar-refractivity contribution in [3.63, 3.8) is 0 Å². The van der Waals surface area contributed by atoms with Gasteiger partial charge in [0.05, 0.1) is 0 Å². The third kappa shape index (κ3) is 1.88. The highest BCUT2D eigenvalue weighted by molar-refractivity contribution is 6.19. The number of carbonyl (C=O) groups excluding carboxylic acids is 3. The van der Waals surface area contributed by atoms with Crippen LogP contribution in [0.1, 0.15) is 38.5 Å². The molecule has 1 N–H and O–H groups in total. The number of amides is 4. The molecule has 96 valence electrons. The molecule has 4 amide bonds. The summed E-state index contributed by atoms with van der Waals surface area (Å²) in [6, 6.07) is -0.612. The quantitative estimate of drug-likeness (QED) is 0.461. The Kier molecular flexibility index (Phi) is 3.37. The molecule has 1 heterocycles. The summed E-state index contributed by atoms with van der Waals surface area (Å²) in [6.45, 7) is 0.282. The summed E-state index contributed by atoms with van der Waals surface area (Å²) in [7, 11) is 0. The van der Waals surface area contributed by atoms with E-state index in [1.54, 1.807) is 0 Å². The van der Waals surface area contributed by atoms with Crippen LogP contribution in [0, 0.1) is 17.8 Å². The molecule has 2 fully saturated rings. The average Bonchev–Trinajstić information content (AvgIpc) is 2.82. The Morgan fingerprint density at radius 3 is 2.56 bits per heavy atom. The number of unbranched alkanes of at least 4 members (excludes halogenated alkanes) is 1. The minimum absolute atomic E-state index is 0.282. The van der Waals surface area contributed by atoms with Gasteiger partial charge in [-0.25, -0.2) is 4.79 Å². The Balaban J connectivity index is 2.15. The Morgan fingerprint density at radius 2 is 1.94 bits per heavy atom. The van der Waals surface area contributed by atoms with Gasteiger partial charge in [0.2, 0.25) is 11.8 Å². The topological polar surface area (TPSA) is 66.5 Å². The van der Waals surface area contributed by atoms with Crippen LogP contribution in [0.25, 0.3) is 0 Å². The third-order valence-electron chi connectivity index (χ3n) is 3.71. The van der Waals surface area contributed by atoms with E-state index in [2.05, 4.69) is 11.2 Å². The molecule has 0 aromatic heterocycles. The SMILES string of the molecule is C#CCCCN1C(=O)NC(=O)C2(CCCC2)C1=O. The third-order valence-corrected chi connectivity index (χ3v) is 3.71. The average molecular weight is 248 g/mol. The van der Waals surface area contributed by atoms with Crippen molar-refractivity contribution in [1.29, 1.82) is 0 Å². The van der Waals surface area contributed by atoms with E-state index in [0.717, 1.165) is 17.7 Å². The number of nitrogens with one attached hydrogen (secondary N) is 1. The van der Waals surface area contributed by atoms with Crippen LogP contribution in [0.2, 0.25) is 0 Å². The number of hydrogen-bond donors (Lipinski definition) is 1. The molecule has 0 aromatic rings. The van der Waals surface area contributed by atoms with Crippen LogP contribution in [-0.4, -0.2) is 29.3 Å². The normalized spacial score (nSPS) is 22.2. The fraction of sp³-hybridized carbons (Fsp3) is 0.615. The minimum atomic E-state index is -0.996. The zero-order valence-electron chi connectivity index (χ0n) is 10.2. The van der Waals surface area contributed by atoms with Gasteiger partial charge in [0.15, 0.2) is 0 Å². The molecule has 5 heteroatoms. The molecule has 0 radical (unpaired) electrons. The second-order valence-corrected chi connectivity index (χ2v) is 4.81. The van der Waals surface area contributed by atoms with Crippen molar-refractivity contribution in [2.45, 2.75) is 38.5 Å². The number of barbiturate groups is 1. The zero-order chi connectivity index (χ0) is 13.2. The lowest BCUT2D eigenvalue weighted by molar-refractivity contribution is -0.151.